The molecule has 10 nitrogen and oxygen atoms in total. The van der Waals surface area contributed by atoms with E-state index >= 15 is 0 Å². The molecule has 1 aliphatic carbocycles. The van der Waals surface area contributed by atoms with E-state index in [-0.39, 0.29) is 36.2 Å². The first-order valence-electron chi connectivity index (χ1n) is 13.2. The van der Waals surface area contributed by atoms with E-state index < -0.39 is 45.7 Å². The molecule has 0 saturated heterocycles. The van der Waals surface area contributed by atoms with Crippen LogP contribution in [0, 0.1) is 21.8 Å². The first-order valence-corrected chi connectivity index (χ1v) is 13.2. The number of aromatic nitrogens is 3. The van der Waals surface area contributed by atoms with Gasteiger partial charge in [-0.15, -0.1) is 5.10 Å². The Bertz CT molecular complexity index is 1970. The number of nitro benzene ring substituents is 1. The van der Waals surface area contributed by atoms with Crippen molar-refractivity contribution in [3.63, 3.8) is 0 Å². The Morgan fingerprint density at radius 2 is 1.82 bits per heavy atom. The number of nitrogens with zero attached hydrogens (tertiary/aromatic N) is 4. The largest absolute Gasteiger partial charge is 0.439 e. The van der Waals surface area contributed by atoms with Crippen LogP contribution in [0.4, 0.5) is 23.2 Å². The maximum absolute atomic E-state index is 14.7. The minimum atomic E-state index is -5.06. The number of non-ortho nitro benzene ring substituents is 1. The van der Waals surface area contributed by atoms with E-state index in [2.05, 4.69) is 10.3 Å². The van der Waals surface area contributed by atoms with Crippen molar-refractivity contribution in [2.75, 3.05) is 0 Å². The lowest BCUT2D eigenvalue weighted by molar-refractivity contribution is -0.384. The van der Waals surface area contributed by atoms with Gasteiger partial charge >= 0.3 is 17.8 Å². The molecule has 44 heavy (non-hydrogen) atoms. The molecule has 0 spiro atoms. The molecule has 0 N–H and O–H groups in total. The molecule has 0 radical (unpaired) electrons. The van der Waals surface area contributed by atoms with Gasteiger partial charge in [-0.25, -0.2) is 18.7 Å². The third kappa shape index (κ3) is 5.29. The van der Waals surface area contributed by atoms with E-state index in [1.165, 1.54) is 30.3 Å². The molecular weight excluding hydrogens is 588 g/mol. The second-order valence-corrected chi connectivity index (χ2v) is 10.3. The summed E-state index contributed by atoms with van der Waals surface area (Å²) < 4.78 is 69.7. The van der Waals surface area contributed by atoms with Crippen molar-refractivity contribution in [3.05, 3.63) is 122 Å². The molecule has 0 bridgehead atoms. The average Bonchev–Trinajstić information content (AvgIpc) is 3.73. The molecule has 5 aromatic rings. The number of nitro groups is 1. The van der Waals surface area contributed by atoms with Crippen molar-refractivity contribution >= 4 is 22.6 Å². The van der Waals surface area contributed by atoms with Crippen LogP contribution in [0.5, 0.6) is 0 Å². The van der Waals surface area contributed by atoms with Crippen molar-refractivity contribution in [2.45, 2.75) is 31.2 Å². The summed E-state index contributed by atoms with van der Waals surface area (Å²) in [5.74, 6) is -2.91. The number of hydrogen-bond donors (Lipinski definition) is 0. The lowest BCUT2D eigenvalue weighted by atomic mass is 9.92. The van der Waals surface area contributed by atoms with E-state index in [0.717, 1.165) is 35.1 Å². The van der Waals surface area contributed by atoms with Gasteiger partial charge in [0.1, 0.15) is 17.1 Å². The molecule has 2 heterocycles. The van der Waals surface area contributed by atoms with Crippen molar-refractivity contribution in [2.24, 2.45) is 5.92 Å². The standard InChI is InChI=1S/C30H20F4N4O6/c31-21-3-1-2-19(13-21)24-14-27(39)43-25-12-17(4-11-23(24)25)15-37-16-26(35-36-37)29(20-7-8-20,30(32,33)34)44-28(40)18-5-9-22(10-6-18)38(41)42/h1-6,9-14,16,20H,7-8,15H2. The maximum Gasteiger partial charge on any atom is 0.434 e. The topological polar surface area (TPSA) is 130 Å². The second kappa shape index (κ2) is 10.7. The highest BCUT2D eigenvalue weighted by atomic mass is 19.4. The highest BCUT2D eigenvalue weighted by molar-refractivity contribution is 5.93. The Morgan fingerprint density at radius 1 is 1.07 bits per heavy atom. The van der Waals surface area contributed by atoms with Crippen molar-refractivity contribution in [1.82, 2.24) is 15.0 Å². The maximum atomic E-state index is 14.7. The summed E-state index contributed by atoms with van der Waals surface area (Å²) in [7, 11) is 0. The number of rotatable bonds is 8. The fraction of sp³-hybridized carbons (Fsp3) is 0.200. The molecule has 1 fully saturated rings. The van der Waals surface area contributed by atoms with E-state index in [1.54, 1.807) is 18.2 Å². The van der Waals surface area contributed by atoms with Crippen LogP contribution in [0.3, 0.4) is 0 Å². The average molecular weight is 609 g/mol. The summed E-state index contributed by atoms with van der Waals surface area (Å²) in [6, 6.07) is 15.8. The highest BCUT2D eigenvalue weighted by Crippen LogP contribution is 2.56. The number of benzene rings is 3. The van der Waals surface area contributed by atoms with E-state index in [4.69, 9.17) is 9.15 Å². The van der Waals surface area contributed by atoms with E-state index in [0.29, 0.717) is 22.1 Å². The normalized spacial score (nSPS) is 14.7. The van der Waals surface area contributed by atoms with Crippen LogP contribution >= 0.6 is 0 Å². The molecule has 1 saturated carbocycles. The number of ether oxygens (including phenoxy) is 1. The number of carbonyl (C=O) groups is 1. The lowest BCUT2D eigenvalue weighted by Gasteiger charge is -2.33. The van der Waals surface area contributed by atoms with Gasteiger partial charge in [0.15, 0.2) is 0 Å². The number of alkyl halides is 3. The third-order valence-corrected chi connectivity index (χ3v) is 7.35. The zero-order valence-electron chi connectivity index (χ0n) is 22.5. The number of fused-ring (bicyclic) bond motifs is 1. The Hall–Kier alpha value is -5.40. The quantitative estimate of drug-likeness (QED) is 0.0672. The number of hydrogen-bond acceptors (Lipinski definition) is 8. The van der Waals surface area contributed by atoms with Gasteiger partial charge in [0.05, 0.1) is 23.2 Å². The molecule has 2 aromatic heterocycles. The molecule has 1 unspecified atom stereocenters. The van der Waals surface area contributed by atoms with Gasteiger partial charge in [-0.1, -0.05) is 29.5 Å². The summed E-state index contributed by atoms with van der Waals surface area (Å²) in [5.41, 5.74) is -3.45. The molecule has 0 amide bonds. The van der Waals surface area contributed by atoms with Gasteiger partial charge in [-0.3, -0.25) is 10.1 Å². The predicted molar refractivity (Wildman–Crippen MR) is 146 cm³/mol. The monoisotopic (exact) mass is 608 g/mol. The van der Waals surface area contributed by atoms with E-state index in [9.17, 15) is 37.3 Å². The van der Waals surface area contributed by atoms with Crippen LogP contribution in [-0.2, 0) is 16.9 Å². The zero-order chi connectivity index (χ0) is 31.2. The molecule has 1 atom stereocenters. The van der Waals surface area contributed by atoms with Gasteiger partial charge < -0.3 is 9.15 Å². The Morgan fingerprint density at radius 3 is 2.48 bits per heavy atom. The SMILES string of the molecule is O=C(OC(c1cn(Cc2ccc3c(-c4cccc(F)c4)cc(=O)oc3c2)nn1)(C1CC1)C(F)(F)F)c1ccc([N+](=O)[O-])cc1. The van der Waals surface area contributed by atoms with Crippen LogP contribution in [0.2, 0.25) is 0 Å². The van der Waals surface area contributed by atoms with Crippen LogP contribution < -0.4 is 5.63 Å². The van der Waals surface area contributed by atoms with Crippen LogP contribution in [-0.4, -0.2) is 32.1 Å². The Labute approximate surface area is 244 Å². The Balaban J connectivity index is 1.31. The molecule has 3 aromatic carbocycles. The fourth-order valence-electron chi connectivity index (χ4n) is 5.13. The Kier molecular flexibility index (Phi) is 6.98. The van der Waals surface area contributed by atoms with Gasteiger partial charge in [0.2, 0.25) is 0 Å². The van der Waals surface area contributed by atoms with Crippen molar-refractivity contribution < 1.29 is 36.4 Å². The predicted octanol–water partition coefficient (Wildman–Crippen LogP) is 6.17. The van der Waals surface area contributed by atoms with Gasteiger partial charge in [0.25, 0.3) is 11.3 Å². The second-order valence-electron chi connectivity index (χ2n) is 10.3. The highest BCUT2D eigenvalue weighted by Gasteiger charge is 2.68. The van der Waals surface area contributed by atoms with E-state index in [1.807, 2.05) is 0 Å². The number of halogens is 4. The summed E-state index contributed by atoms with van der Waals surface area (Å²) >= 11 is 0. The first kappa shape index (κ1) is 28.7. The first-order chi connectivity index (χ1) is 20.9. The van der Waals surface area contributed by atoms with Crippen LogP contribution in [0.25, 0.3) is 22.1 Å². The summed E-state index contributed by atoms with van der Waals surface area (Å²) in [4.78, 5) is 35.4. The van der Waals surface area contributed by atoms with Gasteiger partial charge in [-0.05, 0) is 59.9 Å². The summed E-state index contributed by atoms with van der Waals surface area (Å²) in [6.45, 7) is -0.0776. The summed E-state index contributed by atoms with van der Waals surface area (Å²) in [5, 5.41) is 19.0. The van der Waals surface area contributed by atoms with Gasteiger partial charge in [-0.2, -0.15) is 13.2 Å². The van der Waals surface area contributed by atoms with Crippen LogP contribution in [0.15, 0.2) is 88.2 Å². The molecule has 6 rings (SSSR count). The van der Waals surface area contributed by atoms with Crippen molar-refractivity contribution in [1.29, 1.82) is 0 Å². The molecule has 224 valence electrons. The van der Waals surface area contributed by atoms with Crippen molar-refractivity contribution in [3.8, 4) is 11.1 Å². The molecule has 1 aliphatic rings. The third-order valence-electron chi connectivity index (χ3n) is 7.35. The van der Waals surface area contributed by atoms with Crippen LogP contribution in [0.1, 0.15) is 34.5 Å². The molecular formula is C30H20F4N4O6. The molecule has 14 heteroatoms. The smallest absolute Gasteiger partial charge is 0.434 e. The molecule has 0 aliphatic heterocycles. The van der Waals surface area contributed by atoms with Gasteiger partial charge in [0, 0.05) is 29.5 Å². The lowest BCUT2D eigenvalue weighted by Crippen LogP contribution is -2.48. The zero-order valence-corrected chi connectivity index (χ0v) is 22.5. The minimum Gasteiger partial charge on any atom is -0.439 e. The number of esters is 1. The minimum absolute atomic E-state index is 0.0776. The summed E-state index contributed by atoms with van der Waals surface area (Å²) in [6.07, 6.45) is -3.78. The fourth-order valence-corrected chi connectivity index (χ4v) is 5.13. The number of carbonyl (C=O) groups excluding carboxylic acids is 1.